The van der Waals surface area contributed by atoms with Crippen LogP contribution in [0.25, 0.3) is 10.2 Å². The first kappa shape index (κ1) is 18.8. The fourth-order valence-corrected chi connectivity index (χ4v) is 3.74. The van der Waals surface area contributed by atoms with E-state index in [1.54, 1.807) is 47.8 Å². The average molecular weight is 409 g/mol. The largest absolute Gasteiger partial charge is 0.348 e. The van der Waals surface area contributed by atoms with E-state index in [9.17, 15) is 18.8 Å². The molecule has 2 N–H and O–H groups in total. The Kier molecular flexibility index (Phi) is 5.09. The molecule has 0 atom stereocenters. The fourth-order valence-electron chi connectivity index (χ4n) is 2.95. The molecule has 0 aliphatic heterocycles. The third-order valence-electron chi connectivity index (χ3n) is 4.51. The molecule has 0 bridgehead atoms. The minimum absolute atomic E-state index is 0.111. The number of aromatic nitrogens is 2. The number of rotatable bonds is 5. The van der Waals surface area contributed by atoms with Crippen LogP contribution in [0.4, 0.5) is 4.39 Å². The van der Waals surface area contributed by atoms with E-state index in [1.807, 2.05) is 0 Å². The van der Waals surface area contributed by atoms with Crippen molar-refractivity contribution in [2.45, 2.75) is 13.1 Å². The molecule has 146 valence electrons. The zero-order valence-corrected chi connectivity index (χ0v) is 16.0. The lowest BCUT2D eigenvalue weighted by molar-refractivity contribution is 0.0951. The molecule has 2 aromatic carbocycles. The Morgan fingerprint density at radius 1 is 1.00 bits per heavy atom. The minimum Gasteiger partial charge on any atom is -0.348 e. The summed E-state index contributed by atoms with van der Waals surface area (Å²) in [5, 5.41) is 4.52. The monoisotopic (exact) mass is 409 g/mol. The molecule has 2 heterocycles. The normalized spacial score (nSPS) is 10.9. The quantitative estimate of drug-likeness (QED) is 0.532. The summed E-state index contributed by atoms with van der Waals surface area (Å²) < 4.78 is 14.6. The number of hydrogen-bond acceptors (Lipinski definition) is 4. The summed E-state index contributed by atoms with van der Waals surface area (Å²) in [6, 6.07) is 14.3. The van der Waals surface area contributed by atoms with Gasteiger partial charge in [-0.15, -0.1) is 11.3 Å². The van der Waals surface area contributed by atoms with Crippen LogP contribution in [0.15, 0.2) is 69.6 Å². The maximum Gasteiger partial charge on any atom is 0.329 e. The van der Waals surface area contributed by atoms with Crippen LogP contribution in [0, 0.1) is 5.82 Å². The maximum absolute atomic E-state index is 12.9. The summed E-state index contributed by atoms with van der Waals surface area (Å²) in [5.74, 6) is -0.595. The maximum atomic E-state index is 12.9. The van der Waals surface area contributed by atoms with Crippen LogP contribution in [0.3, 0.4) is 0 Å². The Hall–Kier alpha value is -3.52. The molecule has 0 spiro atoms. The van der Waals surface area contributed by atoms with E-state index in [0.717, 1.165) is 15.7 Å². The van der Waals surface area contributed by atoms with Gasteiger partial charge >= 0.3 is 5.69 Å². The van der Waals surface area contributed by atoms with E-state index < -0.39 is 5.69 Å². The second kappa shape index (κ2) is 7.84. The smallest absolute Gasteiger partial charge is 0.329 e. The van der Waals surface area contributed by atoms with Gasteiger partial charge in [0.25, 0.3) is 11.5 Å². The fraction of sp³-hybridized carbons (Fsp3) is 0.0952. The number of benzene rings is 2. The summed E-state index contributed by atoms with van der Waals surface area (Å²) >= 11 is 1.28. The molecule has 4 aromatic rings. The van der Waals surface area contributed by atoms with Crippen LogP contribution in [-0.2, 0) is 13.1 Å². The van der Waals surface area contributed by atoms with Gasteiger partial charge in [-0.05, 0) is 46.8 Å². The van der Waals surface area contributed by atoms with Crippen molar-refractivity contribution in [2.75, 3.05) is 0 Å². The topological polar surface area (TPSA) is 84.0 Å². The van der Waals surface area contributed by atoms with Gasteiger partial charge in [0.2, 0.25) is 0 Å². The number of nitrogens with zero attached hydrogens (tertiary/aromatic N) is 1. The van der Waals surface area contributed by atoms with Crippen molar-refractivity contribution in [3.63, 3.8) is 0 Å². The molecule has 0 fully saturated rings. The van der Waals surface area contributed by atoms with E-state index in [4.69, 9.17) is 0 Å². The first-order valence-electron chi connectivity index (χ1n) is 8.83. The van der Waals surface area contributed by atoms with Crippen LogP contribution in [0.5, 0.6) is 0 Å². The number of H-pyrrole nitrogens is 1. The predicted octanol–water partition coefficient (Wildman–Crippen LogP) is 2.87. The Labute approximate surface area is 168 Å². The SMILES string of the molecule is O=C(NCc1ccc(F)cc1)c1ccc(Cn2c(=O)[nH]c3ccsc3c2=O)cc1. The van der Waals surface area contributed by atoms with Crippen molar-refractivity contribution in [1.82, 2.24) is 14.9 Å². The molecule has 8 heteroatoms. The molecular weight excluding hydrogens is 393 g/mol. The zero-order valence-electron chi connectivity index (χ0n) is 15.1. The van der Waals surface area contributed by atoms with Crippen LogP contribution in [-0.4, -0.2) is 15.5 Å². The molecule has 0 radical (unpaired) electrons. The molecule has 0 aliphatic rings. The number of amides is 1. The summed E-state index contributed by atoms with van der Waals surface area (Å²) in [6.45, 7) is 0.395. The molecule has 1 amide bonds. The number of nitrogens with one attached hydrogen (secondary N) is 2. The molecule has 0 aliphatic carbocycles. The number of carbonyl (C=O) groups is 1. The molecule has 2 aromatic heterocycles. The van der Waals surface area contributed by atoms with E-state index in [-0.39, 0.29) is 30.4 Å². The Balaban J connectivity index is 1.46. The molecule has 29 heavy (non-hydrogen) atoms. The van der Waals surface area contributed by atoms with E-state index >= 15 is 0 Å². The second-order valence-electron chi connectivity index (χ2n) is 6.49. The van der Waals surface area contributed by atoms with Gasteiger partial charge in [-0.1, -0.05) is 24.3 Å². The van der Waals surface area contributed by atoms with E-state index in [1.165, 1.54) is 23.5 Å². The number of carbonyl (C=O) groups excluding carboxylic acids is 1. The van der Waals surface area contributed by atoms with E-state index in [2.05, 4.69) is 10.3 Å². The van der Waals surface area contributed by atoms with Gasteiger partial charge < -0.3 is 10.3 Å². The lowest BCUT2D eigenvalue weighted by atomic mass is 10.1. The molecule has 4 rings (SSSR count). The van der Waals surface area contributed by atoms with E-state index in [0.29, 0.717) is 15.8 Å². The van der Waals surface area contributed by atoms with Gasteiger partial charge in [-0.25, -0.2) is 9.18 Å². The third-order valence-corrected chi connectivity index (χ3v) is 5.42. The highest BCUT2D eigenvalue weighted by Gasteiger charge is 2.10. The minimum atomic E-state index is -0.470. The first-order valence-corrected chi connectivity index (χ1v) is 9.71. The Morgan fingerprint density at radius 2 is 1.69 bits per heavy atom. The van der Waals surface area contributed by atoms with Gasteiger partial charge in [0.05, 0.1) is 12.1 Å². The van der Waals surface area contributed by atoms with Crippen LogP contribution in [0.2, 0.25) is 0 Å². The van der Waals surface area contributed by atoms with Crippen LogP contribution < -0.4 is 16.6 Å². The van der Waals surface area contributed by atoms with Gasteiger partial charge in [-0.2, -0.15) is 0 Å². The number of halogens is 1. The lowest BCUT2D eigenvalue weighted by Gasteiger charge is -2.08. The average Bonchev–Trinajstić information content (AvgIpc) is 3.19. The molecule has 6 nitrogen and oxygen atoms in total. The Morgan fingerprint density at radius 3 is 2.41 bits per heavy atom. The first-order chi connectivity index (χ1) is 14.0. The van der Waals surface area contributed by atoms with Crippen molar-refractivity contribution in [1.29, 1.82) is 0 Å². The van der Waals surface area contributed by atoms with Gasteiger partial charge in [0.15, 0.2) is 0 Å². The molecule has 0 saturated carbocycles. The van der Waals surface area contributed by atoms with Crippen molar-refractivity contribution < 1.29 is 9.18 Å². The number of thiophene rings is 1. The summed E-state index contributed by atoms with van der Waals surface area (Å²) in [4.78, 5) is 39.7. The van der Waals surface area contributed by atoms with Crippen molar-refractivity contribution in [3.8, 4) is 0 Å². The van der Waals surface area contributed by atoms with Gasteiger partial charge in [0, 0.05) is 12.1 Å². The van der Waals surface area contributed by atoms with Crippen molar-refractivity contribution in [2.24, 2.45) is 0 Å². The Bertz CT molecular complexity index is 1290. The summed E-state index contributed by atoms with van der Waals surface area (Å²) in [6.07, 6.45) is 0. The highest BCUT2D eigenvalue weighted by atomic mass is 32.1. The van der Waals surface area contributed by atoms with Gasteiger partial charge in [0.1, 0.15) is 10.5 Å². The molecule has 0 unspecified atom stereocenters. The van der Waals surface area contributed by atoms with Crippen molar-refractivity contribution >= 4 is 27.5 Å². The second-order valence-corrected chi connectivity index (χ2v) is 7.41. The molecule has 0 saturated heterocycles. The standard InChI is InChI=1S/C21H16FN3O3S/c22-16-7-3-13(4-8-16)11-23-19(26)15-5-1-14(2-6-15)12-25-20(27)18-17(9-10-29-18)24-21(25)28/h1-10H,11-12H2,(H,23,26)(H,24,28). The highest BCUT2D eigenvalue weighted by molar-refractivity contribution is 7.17. The highest BCUT2D eigenvalue weighted by Crippen LogP contribution is 2.13. The third kappa shape index (κ3) is 4.02. The van der Waals surface area contributed by atoms with Crippen LogP contribution >= 0.6 is 11.3 Å². The lowest BCUT2D eigenvalue weighted by Crippen LogP contribution is -2.34. The van der Waals surface area contributed by atoms with Crippen molar-refractivity contribution in [3.05, 3.63) is 103 Å². The van der Waals surface area contributed by atoms with Crippen LogP contribution in [0.1, 0.15) is 21.5 Å². The zero-order chi connectivity index (χ0) is 20.4. The summed E-state index contributed by atoms with van der Waals surface area (Å²) in [5.41, 5.74) is 1.70. The summed E-state index contributed by atoms with van der Waals surface area (Å²) in [7, 11) is 0. The van der Waals surface area contributed by atoms with Gasteiger partial charge in [-0.3, -0.25) is 14.2 Å². The number of fused-ring (bicyclic) bond motifs is 1. The predicted molar refractivity (Wildman–Crippen MR) is 110 cm³/mol. The number of hydrogen-bond donors (Lipinski definition) is 2. The molecular formula is C21H16FN3O3S. The number of aromatic amines is 1.